The van der Waals surface area contributed by atoms with Crippen LogP contribution in [0.25, 0.3) is 16.3 Å². The molecule has 0 aliphatic heterocycles. The summed E-state index contributed by atoms with van der Waals surface area (Å²) in [5, 5.41) is 3.49. The van der Waals surface area contributed by atoms with Crippen LogP contribution in [0.1, 0.15) is 42.0 Å². The van der Waals surface area contributed by atoms with E-state index < -0.39 is 0 Å². The minimum Gasteiger partial charge on any atom is -0.298 e. The van der Waals surface area contributed by atoms with Crippen LogP contribution in [0.2, 0.25) is 0 Å². The molecule has 0 spiro atoms. The summed E-state index contributed by atoms with van der Waals surface area (Å²) in [5.41, 5.74) is 5.60. The summed E-state index contributed by atoms with van der Waals surface area (Å²) in [4.78, 5) is 16.7. The molecule has 3 aromatic rings. The first-order valence-electron chi connectivity index (χ1n) is 8.39. The fourth-order valence-corrected chi connectivity index (χ4v) is 3.78. The molecule has 0 unspecified atom stereocenters. The van der Waals surface area contributed by atoms with Crippen molar-refractivity contribution in [1.29, 1.82) is 0 Å². The van der Waals surface area contributed by atoms with E-state index >= 15 is 0 Å². The molecule has 128 valence electrons. The van der Waals surface area contributed by atoms with Crippen LogP contribution in [-0.4, -0.2) is 10.9 Å². The van der Waals surface area contributed by atoms with E-state index in [0.717, 1.165) is 21.3 Å². The Morgan fingerprint density at radius 2 is 1.88 bits per heavy atom. The Labute approximate surface area is 152 Å². The standard InChI is InChI=1S/C21H22N2OS/c1-13(2)17-8-5-16(6-9-17)7-10-19(24)22-21-23-20-15(4)11-14(3)12-18(20)25-21/h5-13H,1-4H3,(H,22,23,24)/b10-7+. The number of aromatic nitrogens is 1. The third-order valence-corrected chi connectivity index (χ3v) is 5.01. The predicted octanol–water partition coefficient (Wildman–Crippen LogP) is 5.69. The van der Waals surface area contributed by atoms with Crippen LogP contribution in [0.4, 0.5) is 5.13 Å². The summed E-state index contributed by atoms with van der Waals surface area (Å²) < 4.78 is 1.10. The van der Waals surface area contributed by atoms with Crippen molar-refractivity contribution in [3.63, 3.8) is 0 Å². The van der Waals surface area contributed by atoms with Crippen molar-refractivity contribution in [3.05, 3.63) is 64.7 Å². The van der Waals surface area contributed by atoms with Gasteiger partial charge in [-0.1, -0.05) is 55.5 Å². The molecule has 1 aromatic heterocycles. The van der Waals surface area contributed by atoms with Crippen molar-refractivity contribution >= 4 is 38.7 Å². The number of fused-ring (bicyclic) bond motifs is 1. The molecule has 3 rings (SSSR count). The van der Waals surface area contributed by atoms with Gasteiger partial charge in [0, 0.05) is 6.08 Å². The number of benzene rings is 2. The highest BCUT2D eigenvalue weighted by Crippen LogP contribution is 2.29. The number of hydrogen-bond acceptors (Lipinski definition) is 3. The zero-order chi connectivity index (χ0) is 18.0. The minimum absolute atomic E-state index is 0.165. The monoisotopic (exact) mass is 350 g/mol. The Bertz CT molecular complexity index is 936. The van der Waals surface area contributed by atoms with Crippen LogP contribution in [-0.2, 0) is 4.79 Å². The number of anilines is 1. The predicted molar refractivity (Wildman–Crippen MR) is 107 cm³/mol. The minimum atomic E-state index is -0.165. The summed E-state index contributed by atoms with van der Waals surface area (Å²) >= 11 is 1.50. The highest BCUT2D eigenvalue weighted by atomic mass is 32.1. The van der Waals surface area contributed by atoms with Crippen molar-refractivity contribution in [3.8, 4) is 0 Å². The first-order valence-corrected chi connectivity index (χ1v) is 9.21. The zero-order valence-corrected chi connectivity index (χ0v) is 15.8. The van der Waals surface area contributed by atoms with Gasteiger partial charge in [-0.05, 0) is 54.2 Å². The molecule has 4 heteroatoms. The van der Waals surface area contributed by atoms with Gasteiger partial charge >= 0.3 is 0 Å². The van der Waals surface area contributed by atoms with E-state index in [1.165, 1.54) is 22.5 Å². The van der Waals surface area contributed by atoms with Gasteiger partial charge in [0.1, 0.15) is 0 Å². The molecule has 0 saturated heterocycles. The molecule has 0 saturated carbocycles. The third kappa shape index (κ3) is 4.15. The third-order valence-electron chi connectivity index (χ3n) is 4.09. The van der Waals surface area contributed by atoms with Gasteiger partial charge in [-0.3, -0.25) is 10.1 Å². The molecule has 3 nitrogen and oxygen atoms in total. The average molecular weight is 350 g/mol. The molecule has 2 aromatic carbocycles. The average Bonchev–Trinajstić information content (AvgIpc) is 2.96. The van der Waals surface area contributed by atoms with Crippen LogP contribution in [0, 0.1) is 13.8 Å². The van der Waals surface area contributed by atoms with Gasteiger partial charge in [0.25, 0.3) is 0 Å². The highest BCUT2D eigenvalue weighted by molar-refractivity contribution is 7.22. The van der Waals surface area contributed by atoms with Crippen LogP contribution in [0.3, 0.4) is 0 Å². The maximum absolute atomic E-state index is 12.2. The van der Waals surface area contributed by atoms with E-state index in [0.29, 0.717) is 11.0 Å². The van der Waals surface area contributed by atoms with E-state index in [4.69, 9.17) is 0 Å². The molecule has 1 heterocycles. The number of carbonyl (C=O) groups is 1. The quantitative estimate of drug-likeness (QED) is 0.614. The Balaban J connectivity index is 1.71. The molecule has 0 aliphatic carbocycles. The number of rotatable bonds is 4. The van der Waals surface area contributed by atoms with Gasteiger partial charge < -0.3 is 0 Å². The summed E-state index contributed by atoms with van der Waals surface area (Å²) in [6.07, 6.45) is 3.37. The lowest BCUT2D eigenvalue weighted by atomic mass is 10.0. The Morgan fingerprint density at radius 1 is 1.16 bits per heavy atom. The van der Waals surface area contributed by atoms with Crippen molar-refractivity contribution in [2.24, 2.45) is 0 Å². The molecule has 0 radical (unpaired) electrons. The topological polar surface area (TPSA) is 42.0 Å². The van der Waals surface area contributed by atoms with Gasteiger partial charge in [-0.2, -0.15) is 0 Å². The maximum atomic E-state index is 12.2. The van der Waals surface area contributed by atoms with Crippen molar-refractivity contribution < 1.29 is 4.79 Å². The second-order valence-corrected chi connectivity index (χ2v) is 7.62. The largest absolute Gasteiger partial charge is 0.298 e. The number of nitrogens with one attached hydrogen (secondary N) is 1. The van der Waals surface area contributed by atoms with Crippen molar-refractivity contribution in [2.45, 2.75) is 33.6 Å². The van der Waals surface area contributed by atoms with Crippen LogP contribution >= 0.6 is 11.3 Å². The summed E-state index contributed by atoms with van der Waals surface area (Å²) in [5.74, 6) is 0.342. The number of nitrogens with zero attached hydrogens (tertiary/aromatic N) is 1. The second kappa shape index (κ2) is 7.19. The number of thiazole rings is 1. The van der Waals surface area contributed by atoms with Gasteiger partial charge in [0.15, 0.2) is 5.13 Å². The summed E-state index contributed by atoms with van der Waals surface area (Å²) in [6, 6.07) is 12.5. The number of aryl methyl sites for hydroxylation is 2. The molecule has 25 heavy (non-hydrogen) atoms. The highest BCUT2D eigenvalue weighted by Gasteiger charge is 2.08. The van der Waals surface area contributed by atoms with Gasteiger partial charge in [-0.15, -0.1) is 0 Å². The number of amides is 1. The van der Waals surface area contributed by atoms with Crippen molar-refractivity contribution in [1.82, 2.24) is 4.98 Å². The fourth-order valence-electron chi connectivity index (χ4n) is 2.74. The molecule has 1 amide bonds. The Morgan fingerprint density at radius 3 is 2.56 bits per heavy atom. The number of carbonyl (C=O) groups excluding carboxylic acids is 1. The molecule has 0 aliphatic rings. The Hall–Kier alpha value is -2.46. The fraction of sp³-hybridized carbons (Fsp3) is 0.238. The van der Waals surface area contributed by atoms with Crippen LogP contribution in [0.15, 0.2) is 42.5 Å². The van der Waals surface area contributed by atoms with E-state index in [1.54, 1.807) is 6.08 Å². The lowest BCUT2D eigenvalue weighted by molar-refractivity contribution is -0.111. The summed E-state index contributed by atoms with van der Waals surface area (Å²) in [6.45, 7) is 8.44. The first-order chi connectivity index (χ1) is 11.9. The lowest BCUT2D eigenvalue weighted by Gasteiger charge is -2.04. The summed E-state index contributed by atoms with van der Waals surface area (Å²) in [7, 11) is 0. The molecule has 1 N–H and O–H groups in total. The normalized spacial score (nSPS) is 11.6. The number of hydrogen-bond donors (Lipinski definition) is 1. The molecule has 0 fully saturated rings. The van der Waals surface area contributed by atoms with Crippen LogP contribution in [0.5, 0.6) is 0 Å². The molecular formula is C21H22N2OS. The van der Waals surface area contributed by atoms with E-state index in [2.05, 4.69) is 55.3 Å². The van der Waals surface area contributed by atoms with E-state index in [-0.39, 0.29) is 5.91 Å². The van der Waals surface area contributed by atoms with Gasteiger partial charge in [0.05, 0.1) is 10.2 Å². The zero-order valence-electron chi connectivity index (χ0n) is 15.0. The molecule has 0 bridgehead atoms. The van der Waals surface area contributed by atoms with Gasteiger partial charge in [0.2, 0.25) is 5.91 Å². The van der Waals surface area contributed by atoms with Crippen LogP contribution < -0.4 is 5.32 Å². The molecule has 0 atom stereocenters. The second-order valence-electron chi connectivity index (χ2n) is 6.59. The van der Waals surface area contributed by atoms with Crippen molar-refractivity contribution in [2.75, 3.05) is 5.32 Å². The lowest BCUT2D eigenvalue weighted by Crippen LogP contribution is -2.07. The first kappa shape index (κ1) is 17.4. The van der Waals surface area contributed by atoms with E-state index in [9.17, 15) is 4.79 Å². The van der Waals surface area contributed by atoms with E-state index in [1.807, 2.05) is 25.1 Å². The SMILES string of the molecule is Cc1cc(C)c2nc(NC(=O)/C=C/c3ccc(C(C)C)cc3)sc2c1. The molecular weight excluding hydrogens is 328 g/mol. The smallest absolute Gasteiger partial charge is 0.250 e. The van der Waals surface area contributed by atoms with Gasteiger partial charge in [-0.25, -0.2) is 4.98 Å². The Kier molecular flexibility index (Phi) is 5.00. The maximum Gasteiger partial charge on any atom is 0.250 e.